The van der Waals surface area contributed by atoms with Crippen LogP contribution in [0.25, 0.3) is 0 Å². The van der Waals surface area contributed by atoms with E-state index in [2.05, 4.69) is 39.8 Å². The molecule has 0 radical (unpaired) electrons. The van der Waals surface area contributed by atoms with E-state index in [1.165, 1.54) is 35.4 Å². The van der Waals surface area contributed by atoms with Gasteiger partial charge in [-0.15, -0.1) is 0 Å². The van der Waals surface area contributed by atoms with Gasteiger partial charge in [0.1, 0.15) is 0 Å². The first-order valence-electron chi connectivity index (χ1n) is 11.6. The molecule has 1 atom stereocenters. The summed E-state index contributed by atoms with van der Waals surface area (Å²) in [7, 11) is 0. The third-order valence-corrected chi connectivity index (χ3v) is 19.5. The standard InChI is InChI=1S/C9H13.2C7H7FO.C5H5.CH2.Zr/c1-6-5-7(2)9(4)8(6)3;2*1-5-4-6(8)2-3-7(5)9;1-2-4-5-3-1;;/h6H,1-4H3;2*2-4,9H,1H3;1-3H,4H2;1H2;/q;;;;;+2/p-2. The van der Waals surface area contributed by atoms with Crippen molar-refractivity contribution in [1.29, 1.82) is 0 Å². The van der Waals surface area contributed by atoms with Gasteiger partial charge in [0, 0.05) is 0 Å². The summed E-state index contributed by atoms with van der Waals surface area (Å²) in [6.07, 6.45) is 6.82. The maximum atomic E-state index is 14.0. The summed E-state index contributed by atoms with van der Waals surface area (Å²) in [4.78, 5) is 0. The maximum absolute atomic E-state index is 14.0. The molecule has 0 amide bonds. The van der Waals surface area contributed by atoms with Crippen LogP contribution >= 0.6 is 0 Å². The SMILES string of the molecule is [CH2]=[Zr]([O]c1ccc(F)cc1C)([O]c1ccc(F)cc1C)([C]1=CC=CC1)[C]1=C(C)C(C)=C(C)C1C. The molecule has 5 heteroatoms. The van der Waals surface area contributed by atoms with Gasteiger partial charge in [-0.05, 0) is 0 Å². The zero-order valence-electron chi connectivity index (χ0n) is 20.8. The molecular weight excluding hydrogens is 510 g/mol. The van der Waals surface area contributed by atoms with Crippen molar-refractivity contribution >= 4 is 4.21 Å². The molecule has 0 saturated heterocycles. The first kappa shape index (κ1) is 24.7. The van der Waals surface area contributed by atoms with E-state index in [0.29, 0.717) is 29.0 Å². The molecule has 0 bridgehead atoms. The number of hydrogen-bond acceptors (Lipinski definition) is 2. The van der Waals surface area contributed by atoms with Gasteiger partial charge < -0.3 is 0 Å². The van der Waals surface area contributed by atoms with Crippen LogP contribution in [0.1, 0.15) is 45.2 Å². The van der Waals surface area contributed by atoms with Crippen molar-refractivity contribution in [2.45, 2.75) is 48.0 Å². The number of allylic oxidation sites excluding steroid dienone is 8. The zero-order chi connectivity index (χ0) is 24.9. The van der Waals surface area contributed by atoms with Gasteiger partial charge in [0.05, 0.1) is 0 Å². The van der Waals surface area contributed by atoms with Crippen LogP contribution in [0, 0.1) is 31.4 Å². The van der Waals surface area contributed by atoms with Crippen LogP contribution in [0.4, 0.5) is 8.78 Å². The van der Waals surface area contributed by atoms with Gasteiger partial charge in [0.25, 0.3) is 0 Å². The molecule has 0 aliphatic heterocycles. The summed E-state index contributed by atoms with van der Waals surface area (Å²) in [6.45, 7) is 12.2. The minimum atomic E-state index is -5.35. The predicted molar refractivity (Wildman–Crippen MR) is 133 cm³/mol. The van der Waals surface area contributed by atoms with Crippen LogP contribution in [0.2, 0.25) is 0 Å². The Morgan fingerprint density at radius 3 is 1.76 bits per heavy atom. The summed E-state index contributed by atoms with van der Waals surface area (Å²) < 4.78 is 49.2. The van der Waals surface area contributed by atoms with Gasteiger partial charge >= 0.3 is 204 Å². The van der Waals surface area contributed by atoms with E-state index in [1.54, 1.807) is 12.1 Å². The molecule has 2 nitrogen and oxygen atoms in total. The summed E-state index contributed by atoms with van der Waals surface area (Å²) in [5, 5.41) is 0. The molecule has 178 valence electrons. The van der Waals surface area contributed by atoms with E-state index in [-0.39, 0.29) is 17.6 Å². The summed E-state index contributed by atoms with van der Waals surface area (Å²) in [5.41, 5.74) is 4.98. The van der Waals surface area contributed by atoms with Gasteiger partial charge in [-0.1, -0.05) is 0 Å². The molecule has 2 aliphatic carbocycles. The summed E-state index contributed by atoms with van der Waals surface area (Å²) in [5.74, 6) is 0.553. The second-order valence-electron chi connectivity index (χ2n) is 9.68. The van der Waals surface area contributed by atoms with Crippen molar-refractivity contribution in [3.05, 3.63) is 101 Å². The first-order chi connectivity index (χ1) is 15.9. The number of aryl methyl sites for hydroxylation is 2. The van der Waals surface area contributed by atoms with Gasteiger partial charge in [0.15, 0.2) is 0 Å². The Morgan fingerprint density at radius 2 is 1.38 bits per heavy atom. The molecule has 2 aromatic carbocycles. The second kappa shape index (κ2) is 8.68. The second-order valence-corrected chi connectivity index (χ2v) is 19.8. The fraction of sp³-hybridized carbons (Fsp3) is 0.276. The van der Waals surface area contributed by atoms with Gasteiger partial charge in [0.2, 0.25) is 0 Å². The summed E-state index contributed by atoms with van der Waals surface area (Å²) in [6, 6.07) is 9.06. The predicted octanol–water partition coefficient (Wildman–Crippen LogP) is 8.09. The number of hydrogen-bond donors (Lipinski definition) is 0. The number of benzene rings is 2. The van der Waals surface area contributed by atoms with Crippen LogP contribution in [0.5, 0.6) is 11.5 Å². The molecule has 0 aromatic heterocycles. The van der Waals surface area contributed by atoms with Gasteiger partial charge in [-0.25, -0.2) is 0 Å². The molecular formula is C29H32F2O2Zr. The van der Waals surface area contributed by atoms with E-state index in [1.807, 2.05) is 19.9 Å². The molecule has 4 rings (SSSR count). The fourth-order valence-electron chi connectivity index (χ4n) is 5.36. The molecule has 1 unspecified atom stereocenters. The molecule has 0 saturated carbocycles. The third kappa shape index (κ3) is 3.92. The van der Waals surface area contributed by atoms with Crippen molar-refractivity contribution in [2.75, 3.05) is 0 Å². The van der Waals surface area contributed by atoms with Crippen molar-refractivity contribution < 1.29 is 33.6 Å². The molecule has 0 fully saturated rings. The van der Waals surface area contributed by atoms with Crippen molar-refractivity contribution in [3.63, 3.8) is 0 Å². The monoisotopic (exact) mass is 540 g/mol. The molecule has 0 heterocycles. The zero-order valence-corrected chi connectivity index (χ0v) is 23.2. The quantitative estimate of drug-likeness (QED) is 0.368. The van der Waals surface area contributed by atoms with Crippen LogP contribution in [-0.4, -0.2) is 4.21 Å². The first-order valence-corrected chi connectivity index (χ1v) is 17.8. The molecule has 2 aliphatic rings. The normalized spacial score (nSPS) is 18.6. The average molecular weight is 542 g/mol. The third-order valence-electron chi connectivity index (χ3n) is 7.53. The van der Waals surface area contributed by atoms with E-state index >= 15 is 0 Å². The Kier molecular flexibility index (Phi) is 6.31. The van der Waals surface area contributed by atoms with Gasteiger partial charge in [-0.3, -0.25) is 0 Å². The van der Waals surface area contributed by atoms with Crippen molar-refractivity contribution in [2.24, 2.45) is 5.92 Å². The summed E-state index contributed by atoms with van der Waals surface area (Å²) >= 11 is -5.35. The Hall–Kier alpha value is -2.39. The van der Waals surface area contributed by atoms with E-state index < -0.39 is 19.2 Å². The van der Waals surface area contributed by atoms with E-state index in [0.717, 1.165) is 12.1 Å². The van der Waals surface area contributed by atoms with Crippen LogP contribution in [0.15, 0.2) is 77.9 Å². The van der Waals surface area contributed by atoms with Crippen molar-refractivity contribution in [3.8, 4) is 11.5 Å². The fourth-order valence-corrected chi connectivity index (χ4v) is 18.3. The molecule has 0 N–H and O–H groups in total. The Balaban J connectivity index is 2.05. The Bertz CT molecular complexity index is 1320. The number of halogens is 2. The molecule has 0 spiro atoms. The van der Waals surface area contributed by atoms with E-state index in [4.69, 9.17) is 9.84 Å². The average Bonchev–Trinajstić information content (AvgIpc) is 3.39. The Labute approximate surface area is 203 Å². The molecule has 2 aromatic rings. The molecule has 34 heavy (non-hydrogen) atoms. The van der Waals surface area contributed by atoms with Crippen LogP contribution < -0.4 is 5.63 Å². The van der Waals surface area contributed by atoms with Gasteiger partial charge in [-0.2, -0.15) is 0 Å². The minimum absolute atomic E-state index is 0.0751. The van der Waals surface area contributed by atoms with Crippen molar-refractivity contribution in [1.82, 2.24) is 0 Å². The van der Waals surface area contributed by atoms with Crippen LogP contribution in [0.3, 0.4) is 0 Å². The topological polar surface area (TPSA) is 18.5 Å². The Morgan fingerprint density at radius 1 is 0.853 bits per heavy atom. The number of rotatable bonds is 6. The van der Waals surface area contributed by atoms with E-state index in [9.17, 15) is 8.78 Å². The van der Waals surface area contributed by atoms with Crippen LogP contribution in [-0.2, 0) is 19.2 Å².